The fourth-order valence-corrected chi connectivity index (χ4v) is 3.19. The minimum atomic E-state index is -0.524. The van der Waals surface area contributed by atoms with Gasteiger partial charge in [0.25, 0.3) is 11.8 Å². The van der Waals surface area contributed by atoms with Crippen LogP contribution in [0.15, 0.2) is 12.1 Å². The van der Waals surface area contributed by atoms with Gasteiger partial charge in [-0.2, -0.15) is 0 Å². The smallest absolute Gasteiger partial charge is 0.252 e. The summed E-state index contributed by atoms with van der Waals surface area (Å²) in [5.41, 5.74) is 13.4. The molecule has 2 unspecified atom stereocenters. The van der Waals surface area contributed by atoms with Gasteiger partial charge in [-0.1, -0.05) is 13.8 Å². The van der Waals surface area contributed by atoms with Gasteiger partial charge in [0, 0.05) is 25.2 Å². The molecule has 0 radical (unpaired) electrons. The summed E-state index contributed by atoms with van der Waals surface area (Å²) in [6.07, 6.45) is 1.98. The molecule has 2 aliphatic heterocycles. The summed E-state index contributed by atoms with van der Waals surface area (Å²) >= 11 is 0. The van der Waals surface area contributed by atoms with Gasteiger partial charge in [0.05, 0.1) is 22.5 Å². The molecule has 1 aromatic carbocycles. The minimum absolute atomic E-state index is 0.350. The van der Waals surface area contributed by atoms with E-state index in [-0.39, 0.29) is 0 Å². The van der Waals surface area contributed by atoms with Crippen molar-refractivity contribution >= 4 is 23.2 Å². The van der Waals surface area contributed by atoms with E-state index in [2.05, 4.69) is 18.7 Å². The Kier molecular flexibility index (Phi) is 3.47. The molecule has 2 fully saturated rings. The van der Waals surface area contributed by atoms with Crippen molar-refractivity contribution < 1.29 is 9.59 Å². The van der Waals surface area contributed by atoms with Crippen LogP contribution in [0.2, 0.25) is 0 Å². The Hall–Kier alpha value is -2.24. The number of nitrogens with zero attached hydrogens (tertiary/aromatic N) is 2. The molecule has 6 heteroatoms. The van der Waals surface area contributed by atoms with E-state index in [0.29, 0.717) is 28.9 Å². The van der Waals surface area contributed by atoms with Gasteiger partial charge in [-0.25, -0.2) is 0 Å². The molecule has 0 bridgehead atoms. The lowest BCUT2D eigenvalue weighted by atomic mass is 10.0. The summed E-state index contributed by atoms with van der Waals surface area (Å²) in [5, 5.41) is 0. The zero-order chi connectivity index (χ0) is 16.0. The summed E-state index contributed by atoms with van der Waals surface area (Å²) < 4.78 is 0. The second-order valence-corrected chi connectivity index (χ2v) is 6.01. The van der Waals surface area contributed by atoms with Gasteiger partial charge in [0.1, 0.15) is 0 Å². The minimum Gasteiger partial charge on any atom is -0.366 e. The van der Waals surface area contributed by atoms with E-state index in [1.807, 2.05) is 4.90 Å². The van der Waals surface area contributed by atoms with Crippen LogP contribution in [-0.2, 0) is 0 Å². The zero-order valence-corrected chi connectivity index (χ0v) is 13.0. The van der Waals surface area contributed by atoms with Crippen LogP contribution in [-0.4, -0.2) is 37.0 Å². The maximum atomic E-state index is 12.1. The Morgan fingerprint density at radius 3 is 2.09 bits per heavy atom. The third-order valence-corrected chi connectivity index (χ3v) is 4.64. The quantitative estimate of drug-likeness (QED) is 0.769. The molecule has 2 saturated heterocycles. The molecule has 118 valence electrons. The van der Waals surface area contributed by atoms with Crippen LogP contribution in [0.4, 0.5) is 11.4 Å². The third kappa shape index (κ3) is 2.28. The van der Waals surface area contributed by atoms with E-state index in [1.165, 1.54) is 0 Å². The first-order chi connectivity index (χ1) is 10.5. The Morgan fingerprint density at radius 2 is 1.64 bits per heavy atom. The number of primary amides is 2. The van der Waals surface area contributed by atoms with E-state index in [0.717, 1.165) is 31.6 Å². The molecule has 0 saturated carbocycles. The highest BCUT2D eigenvalue weighted by molar-refractivity contribution is 6.11. The number of carbonyl (C=O) groups excluding carboxylic acids is 2. The second kappa shape index (κ2) is 5.19. The van der Waals surface area contributed by atoms with Crippen LogP contribution in [0.3, 0.4) is 0 Å². The van der Waals surface area contributed by atoms with Crippen molar-refractivity contribution in [1.82, 2.24) is 0 Å². The van der Waals surface area contributed by atoms with Gasteiger partial charge < -0.3 is 21.3 Å². The van der Waals surface area contributed by atoms with Crippen LogP contribution in [0.1, 0.15) is 47.4 Å². The lowest BCUT2D eigenvalue weighted by molar-refractivity contribution is 0.0999. The highest BCUT2D eigenvalue weighted by atomic mass is 16.1. The summed E-state index contributed by atoms with van der Waals surface area (Å²) in [4.78, 5) is 28.1. The topological polar surface area (TPSA) is 92.2 Å². The van der Waals surface area contributed by atoms with E-state index in [4.69, 9.17) is 11.5 Å². The molecule has 2 amide bonds. The molecule has 1 aromatic rings. The van der Waals surface area contributed by atoms with Gasteiger partial charge in [-0.05, 0) is 25.0 Å². The van der Waals surface area contributed by atoms with Crippen LogP contribution in [0.25, 0.3) is 0 Å². The average molecular weight is 302 g/mol. The maximum Gasteiger partial charge on any atom is 0.252 e. The molecule has 2 heterocycles. The largest absolute Gasteiger partial charge is 0.366 e. The highest BCUT2D eigenvalue weighted by Gasteiger charge is 2.41. The number of rotatable bonds is 6. The van der Waals surface area contributed by atoms with Crippen LogP contribution in [0, 0.1) is 0 Å². The number of hydrogen-bond acceptors (Lipinski definition) is 4. The average Bonchev–Trinajstić information content (AvgIpc) is 3.37. The Morgan fingerprint density at radius 1 is 1.05 bits per heavy atom. The van der Waals surface area contributed by atoms with Gasteiger partial charge in [-0.3, -0.25) is 9.59 Å². The number of amides is 2. The van der Waals surface area contributed by atoms with Crippen molar-refractivity contribution in [3.05, 3.63) is 23.3 Å². The molecule has 0 spiro atoms. The SMILES string of the molecule is CCC1CN1c1ccc(C(N)=O)c(N2CC2CC)c1C(N)=O. The first-order valence-electron chi connectivity index (χ1n) is 7.79. The monoisotopic (exact) mass is 302 g/mol. The molecular formula is C16H22N4O2. The number of anilines is 2. The van der Waals surface area contributed by atoms with Gasteiger partial charge in [0.15, 0.2) is 0 Å². The van der Waals surface area contributed by atoms with E-state index < -0.39 is 11.8 Å². The first kappa shape index (κ1) is 14.7. The number of benzene rings is 1. The van der Waals surface area contributed by atoms with Crippen molar-refractivity contribution in [3.63, 3.8) is 0 Å². The lowest BCUT2D eigenvalue weighted by Crippen LogP contribution is -2.22. The Labute approximate surface area is 130 Å². The molecule has 0 aliphatic carbocycles. The third-order valence-electron chi connectivity index (χ3n) is 4.64. The summed E-state index contributed by atoms with van der Waals surface area (Å²) in [6.45, 7) is 5.95. The predicted molar refractivity (Wildman–Crippen MR) is 86.3 cm³/mol. The summed E-state index contributed by atoms with van der Waals surface area (Å²) in [5.74, 6) is -1.03. The highest BCUT2D eigenvalue weighted by Crippen LogP contribution is 2.42. The zero-order valence-electron chi connectivity index (χ0n) is 13.0. The van der Waals surface area contributed by atoms with E-state index in [1.54, 1.807) is 12.1 Å². The number of hydrogen-bond donors (Lipinski definition) is 2. The predicted octanol–water partition coefficient (Wildman–Crippen LogP) is 1.08. The van der Waals surface area contributed by atoms with Crippen molar-refractivity contribution in [2.24, 2.45) is 11.5 Å². The normalized spacial score (nSPS) is 22.6. The standard InChI is InChI=1S/C16H22N4O2/c1-3-9-7-19(9)12-6-5-11(15(17)21)14(13(12)16(18)22)20-8-10(20)4-2/h5-6,9-10H,3-4,7-8H2,1-2H3,(H2,17,21)(H2,18,22). The summed E-state index contributed by atoms with van der Waals surface area (Å²) in [6, 6.07) is 4.31. The maximum absolute atomic E-state index is 12.1. The molecule has 4 N–H and O–H groups in total. The Bertz CT molecular complexity index is 643. The molecule has 2 aliphatic rings. The van der Waals surface area contributed by atoms with Crippen molar-refractivity contribution in [2.75, 3.05) is 22.9 Å². The van der Waals surface area contributed by atoms with E-state index in [9.17, 15) is 9.59 Å². The number of nitrogens with two attached hydrogens (primary N) is 2. The molecule has 0 aromatic heterocycles. The summed E-state index contributed by atoms with van der Waals surface area (Å²) in [7, 11) is 0. The molecule has 3 rings (SSSR count). The first-order valence-corrected chi connectivity index (χ1v) is 7.79. The second-order valence-electron chi connectivity index (χ2n) is 6.01. The molecule has 6 nitrogen and oxygen atoms in total. The fourth-order valence-electron chi connectivity index (χ4n) is 3.19. The Balaban J connectivity index is 2.12. The van der Waals surface area contributed by atoms with Gasteiger partial charge in [0.2, 0.25) is 0 Å². The van der Waals surface area contributed by atoms with Crippen molar-refractivity contribution in [2.45, 2.75) is 38.8 Å². The van der Waals surface area contributed by atoms with Gasteiger partial charge >= 0.3 is 0 Å². The van der Waals surface area contributed by atoms with Crippen molar-refractivity contribution in [1.29, 1.82) is 0 Å². The van der Waals surface area contributed by atoms with Crippen molar-refractivity contribution in [3.8, 4) is 0 Å². The fraction of sp³-hybridized carbons (Fsp3) is 0.500. The van der Waals surface area contributed by atoms with Crippen LogP contribution < -0.4 is 21.3 Å². The number of carbonyl (C=O) groups is 2. The van der Waals surface area contributed by atoms with Crippen LogP contribution in [0.5, 0.6) is 0 Å². The van der Waals surface area contributed by atoms with Gasteiger partial charge in [-0.15, -0.1) is 0 Å². The van der Waals surface area contributed by atoms with E-state index >= 15 is 0 Å². The molecular weight excluding hydrogens is 280 g/mol. The molecule has 22 heavy (non-hydrogen) atoms. The van der Waals surface area contributed by atoms with Crippen LogP contribution >= 0.6 is 0 Å². The molecule has 2 atom stereocenters. The lowest BCUT2D eigenvalue weighted by Gasteiger charge is -2.18.